The number of nitrogens with zero attached hydrogens (tertiary/aromatic N) is 5. The number of alkyl carbamates (subject to hydrolysis) is 1. The van der Waals surface area contributed by atoms with Crippen molar-refractivity contribution < 1.29 is 81.4 Å². The van der Waals surface area contributed by atoms with E-state index in [0.29, 0.717) is 17.9 Å². The lowest BCUT2D eigenvalue weighted by molar-refractivity contribution is -0.162. The number of anilines is 1. The van der Waals surface area contributed by atoms with E-state index in [-0.39, 0.29) is 82.9 Å². The molecule has 4 heterocycles. The molecule has 0 spiro atoms. The quantitative estimate of drug-likeness (QED) is 0.0127. The van der Waals surface area contributed by atoms with Crippen molar-refractivity contribution in [2.75, 3.05) is 86.9 Å². The molecule has 1 aliphatic carbocycles. The minimum absolute atomic E-state index is 0.00902. The van der Waals surface area contributed by atoms with Crippen molar-refractivity contribution in [1.82, 2.24) is 35.4 Å². The molecular weight excluding hydrogens is 1300 g/mol. The number of likely N-dealkylation sites (N-methyl/N-ethyl adjacent to an activating group) is 1. The van der Waals surface area contributed by atoms with Gasteiger partial charge in [-0.25, -0.2) is 24.4 Å². The van der Waals surface area contributed by atoms with Gasteiger partial charge in [-0.05, 0) is 84.7 Å². The van der Waals surface area contributed by atoms with Crippen molar-refractivity contribution in [3.63, 3.8) is 0 Å². The Morgan fingerprint density at radius 2 is 1.59 bits per heavy atom. The van der Waals surface area contributed by atoms with Crippen molar-refractivity contribution >= 4 is 75.9 Å². The third-order valence-corrected chi connectivity index (χ3v) is 19.3. The smallest absolute Gasteiger partial charge is 0.424 e. The van der Waals surface area contributed by atoms with Gasteiger partial charge in [-0.15, -0.1) is 0 Å². The monoisotopic (exact) mass is 1390 g/mol. The molecule has 26 nitrogen and oxygen atoms in total. The van der Waals surface area contributed by atoms with E-state index < -0.39 is 114 Å². The van der Waals surface area contributed by atoms with E-state index in [0.717, 1.165) is 50.0 Å². The highest BCUT2D eigenvalue weighted by Crippen LogP contribution is 2.50. The SMILES string of the molecule is COc1cc2cc(c1Cl)N(C)C(=O)C[C@H](OC(=O)[C@H](C)N(C)C(=O)CCOCCOCCNC(=O)[C@H](CC(N)=O)NC(=O)CCn1c(CN(C)N(C)C(=O)OCC3c4ccccc4-c4ccccc43)cc3ccccc31)[C@]1(C)OC1[C@H](C)[C@@H]1C[C@@](O)(NC(=O)O1)[C@H](OC)/C=C/C=C(\C)C2. The van der Waals surface area contributed by atoms with E-state index in [2.05, 4.69) is 40.2 Å². The number of nitrogens with one attached hydrogen (secondary N) is 3. The number of hydrogen-bond acceptors (Lipinski definition) is 18. The Hall–Kier alpha value is -8.89. The average molecular weight is 1390 g/mol. The summed E-state index contributed by atoms with van der Waals surface area (Å²) in [7, 11) is 9.25. The number of hydrogen-bond donors (Lipinski definition) is 5. The molecule has 5 aromatic rings. The highest BCUT2D eigenvalue weighted by atomic mass is 35.5. The fourth-order valence-electron chi connectivity index (χ4n) is 13.0. The second-order valence-electron chi connectivity index (χ2n) is 25.7. The Labute approximate surface area is 580 Å². The number of amides is 7. The summed E-state index contributed by atoms with van der Waals surface area (Å²) < 4.78 is 48.7. The second kappa shape index (κ2) is 32.9. The van der Waals surface area contributed by atoms with E-state index in [1.54, 1.807) is 64.3 Å². The van der Waals surface area contributed by atoms with Crippen molar-refractivity contribution in [2.45, 2.75) is 133 Å². The normalized spacial score (nSPS) is 22.8. The van der Waals surface area contributed by atoms with E-state index in [1.807, 2.05) is 72.2 Å². The molecule has 6 N–H and O–H groups in total. The number of allylic oxidation sites excluding steroid dienone is 3. The lowest BCUT2D eigenvalue weighted by Crippen LogP contribution is -2.63. The lowest BCUT2D eigenvalue weighted by Gasteiger charge is -2.42. The van der Waals surface area contributed by atoms with Crippen LogP contribution in [0.1, 0.15) is 88.1 Å². The first-order valence-electron chi connectivity index (χ1n) is 33.0. The Balaban J connectivity index is 0.721. The number of aryl methyl sites for hydroxylation is 1. The fourth-order valence-corrected chi connectivity index (χ4v) is 13.3. The summed E-state index contributed by atoms with van der Waals surface area (Å²) in [6.45, 7) is 7.59. The molecule has 0 saturated carbocycles. The standard InChI is InChI=1S/C72H90ClN9O17/c1-43-18-17-25-59(93-10)72(91)40-58(97-69(89)77-72)44(2)66-71(4,99-66)60(39-64(86)80(7)56-35-46(34-43)36-57(92-9)65(56)73)98-68(88)45(3)79(6)63(85)27-30-94-32-33-95-31-28-75-67(87)54(38-61(74)83)76-62(84)26-29-82-48(37-47-19-11-16-24-55(47)82)41-78(5)81(8)70(90)96-42-53-51-22-14-12-20-49(51)50-21-13-15-23-52(50)53/h11-25,35-37,44-45,53-54,58-60,66,91H,26-34,38-42H2,1-10H3,(H2,74,83)(H,75,87)(H,76,84)(H,77,89)/b25-17+,43-18+/t44-,45+,54+,58+,59-,60+,66?,71+,72+/m1/s1. The van der Waals surface area contributed by atoms with Crippen LogP contribution in [0.15, 0.2) is 115 Å². The largest absolute Gasteiger partial charge is 0.495 e. The molecule has 9 atom stereocenters. The Morgan fingerprint density at radius 1 is 0.909 bits per heavy atom. The number of fused-ring (bicyclic) bond motifs is 9. The predicted molar refractivity (Wildman–Crippen MR) is 367 cm³/mol. The molecular formula is C72H90ClN9O17. The van der Waals surface area contributed by atoms with Crippen LogP contribution in [0, 0.1) is 5.92 Å². The molecule has 9 rings (SSSR count). The molecule has 27 heteroatoms. The second-order valence-corrected chi connectivity index (χ2v) is 26.1. The summed E-state index contributed by atoms with van der Waals surface area (Å²) in [6, 6.07) is 27.0. The predicted octanol–water partition coefficient (Wildman–Crippen LogP) is 6.69. The Kier molecular flexibility index (Phi) is 24.7. The summed E-state index contributed by atoms with van der Waals surface area (Å²) >= 11 is 6.84. The first-order chi connectivity index (χ1) is 47.2. The van der Waals surface area contributed by atoms with Gasteiger partial charge in [0.05, 0.1) is 71.1 Å². The zero-order valence-electron chi connectivity index (χ0n) is 57.6. The summed E-state index contributed by atoms with van der Waals surface area (Å²) in [5.41, 5.74) is 10.4. The minimum atomic E-state index is -1.90. The van der Waals surface area contributed by atoms with Crippen LogP contribution in [0.2, 0.25) is 5.02 Å². The summed E-state index contributed by atoms with van der Waals surface area (Å²) in [5.74, 6) is -4.14. The minimum Gasteiger partial charge on any atom is -0.495 e. The topological polar surface area (TPSA) is 314 Å². The van der Waals surface area contributed by atoms with E-state index >= 15 is 0 Å². The van der Waals surface area contributed by atoms with Crippen LogP contribution in [0.5, 0.6) is 5.75 Å². The number of halogens is 1. The lowest BCUT2D eigenvalue weighted by atomic mass is 9.83. The first-order valence-corrected chi connectivity index (χ1v) is 33.4. The third-order valence-electron chi connectivity index (χ3n) is 18.9. The number of aromatic nitrogens is 1. The van der Waals surface area contributed by atoms with E-state index in [4.69, 9.17) is 55.2 Å². The molecule has 2 fully saturated rings. The number of aliphatic hydroxyl groups is 1. The van der Waals surface area contributed by atoms with Crippen molar-refractivity contribution in [3.8, 4) is 16.9 Å². The van der Waals surface area contributed by atoms with Crippen LogP contribution in [0.3, 0.4) is 0 Å². The molecule has 99 heavy (non-hydrogen) atoms. The van der Waals surface area contributed by atoms with Gasteiger partial charge in [0.15, 0.2) is 5.72 Å². The van der Waals surface area contributed by atoms with Gasteiger partial charge in [0.2, 0.25) is 29.5 Å². The number of esters is 1. The molecule has 3 aliphatic heterocycles. The van der Waals surface area contributed by atoms with Crippen LogP contribution in [-0.2, 0) is 81.4 Å². The number of epoxide rings is 1. The number of benzene rings is 4. The van der Waals surface area contributed by atoms with E-state index in [9.17, 15) is 43.5 Å². The molecule has 7 amide bonds. The van der Waals surface area contributed by atoms with E-state index in [1.165, 1.54) is 43.0 Å². The molecule has 2 saturated heterocycles. The van der Waals surface area contributed by atoms with Crippen LogP contribution in [-0.4, -0.2) is 202 Å². The molecule has 1 unspecified atom stereocenters. The average Bonchev–Trinajstić information content (AvgIpc) is 1.60. The van der Waals surface area contributed by atoms with Gasteiger partial charge in [0, 0.05) is 84.3 Å². The summed E-state index contributed by atoms with van der Waals surface area (Å²) in [5, 5.41) is 24.0. The van der Waals surface area contributed by atoms with Crippen LogP contribution >= 0.6 is 11.6 Å². The van der Waals surface area contributed by atoms with Crippen molar-refractivity contribution in [2.24, 2.45) is 11.7 Å². The molecule has 4 aliphatic rings. The molecule has 1 aromatic heterocycles. The number of para-hydroxylation sites is 1. The first kappa shape index (κ1) is 74.3. The number of primary amides is 1. The van der Waals surface area contributed by atoms with Crippen LogP contribution < -0.4 is 31.3 Å². The number of hydrazine groups is 1. The van der Waals surface area contributed by atoms with Gasteiger partial charge in [-0.2, -0.15) is 0 Å². The Bertz CT molecular complexity index is 3820. The number of ether oxygens (including phenoxy) is 8. The third kappa shape index (κ3) is 17.8. The Morgan fingerprint density at radius 3 is 2.27 bits per heavy atom. The summed E-state index contributed by atoms with van der Waals surface area (Å²) in [6.07, 6.45) is -0.910. The number of carbonyl (C=O) groups excluding carboxylic acids is 8. The van der Waals surface area contributed by atoms with Gasteiger partial charge in [-0.3, -0.25) is 29.3 Å². The van der Waals surface area contributed by atoms with Crippen molar-refractivity contribution in [3.05, 3.63) is 142 Å². The number of carbonyl (C=O) groups is 8. The van der Waals surface area contributed by atoms with Crippen LogP contribution in [0.25, 0.3) is 22.0 Å². The van der Waals surface area contributed by atoms with Gasteiger partial charge in [0.1, 0.15) is 53.4 Å². The highest BCUT2D eigenvalue weighted by Gasteiger charge is 2.64. The molecule has 532 valence electrons. The van der Waals surface area contributed by atoms with Gasteiger partial charge >= 0.3 is 18.2 Å². The zero-order chi connectivity index (χ0) is 71.5. The molecule has 0 radical (unpaired) electrons. The number of rotatable bonds is 26. The maximum Gasteiger partial charge on any atom is 0.424 e. The van der Waals surface area contributed by atoms with Gasteiger partial charge < -0.3 is 73.7 Å². The number of methoxy groups -OCH3 is 2. The maximum atomic E-state index is 14.4. The molecule has 4 bridgehead atoms. The maximum absolute atomic E-state index is 14.4. The van der Waals surface area contributed by atoms with Crippen molar-refractivity contribution in [1.29, 1.82) is 0 Å². The van der Waals surface area contributed by atoms with Gasteiger partial charge in [-0.1, -0.05) is 109 Å². The highest BCUT2D eigenvalue weighted by molar-refractivity contribution is 6.35. The van der Waals surface area contributed by atoms with Gasteiger partial charge in [0.25, 0.3) is 0 Å². The fraction of sp³-hybridized carbons (Fsp3) is 0.472. The number of nitrogens with two attached hydrogens (primary N) is 1. The molecule has 4 aromatic carbocycles. The van der Waals surface area contributed by atoms with Crippen LogP contribution in [0.4, 0.5) is 15.3 Å². The summed E-state index contributed by atoms with van der Waals surface area (Å²) in [4.78, 5) is 110. The zero-order valence-corrected chi connectivity index (χ0v) is 58.3.